The van der Waals surface area contributed by atoms with Crippen molar-refractivity contribution < 1.29 is 4.79 Å². The minimum absolute atomic E-state index is 0.242. The summed E-state index contributed by atoms with van der Waals surface area (Å²) in [6, 6.07) is 1.30. The molecule has 0 atom stereocenters. The highest BCUT2D eigenvalue weighted by atomic mass is 16.2. The summed E-state index contributed by atoms with van der Waals surface area (Å²) < 4.78 is 0. The first kappa shape index (κ1) is 14.3. The maximum Gasteiger partial charge on any atom is 0.234 e. The molecule has 114 valence electrons. The van der Waals surface area contributed by atoms with Gasteiger partial charge in [0.25, 0.3) is 0 Å². The minimum Gasteiger partial charge on any atom is -0.352 e. The Balaban J connectivity index is 1.36. The molecule has 3 aliphatic rings. The van der Waals surface area contributed by atoms with E-state index in [1.807, 2.05) is 0 Å². The lowest BCUT2D eigenvalue weighted by molar-refractivity contribution is -0.123. The van der Waals surface area contributed by atoms with Gasteiger partial charge in [0.05, 0.1) is 6.54 Å². The molecule has 0 unspecified atom stereocenters. The molecule has 2 aliphatic carbocycles. The van der Waals surface area contributed by atoms with Gasteiger partial charge < -0.3 is 5.32 Å². The molecular formula is C16H29N3O. The molecule has 20 heavy (non-hydrogen) atoms. The molecule has 4 heteroatoms. The molecule has 1 saturated heterocycles. The number of nitrogens with zero attached hydrogens (tertiary/aromatic N) is 2. The third kappa shape index (κ3) is 3.73. The van der Waals surface area contributed by atoms with Crippen molar-refractivity contribution >= 4 is 5.91 Å². The molecule has 0 radical (unpaired) electrons. The molecule has 2 saturated carbocycles. The maximum absolute atomic E-state index is 12.0. The average molecular weight is 279 g/mol. The van der Waals surface area contributed by atoms with E-state index in [1.165, 1.54) is 51.4 Å². The van der Waals surface area contributed by atoms with Gasteiger partial charge in [-0.3, -0.25) is 14.6 Å². The molecule has 0 aromatic rings. The van der Waals surface area contributed by atoms with Crippen LogP contribution in [0.25, 0.3) is 0 Å². The number of carbonyl (C=O) groups excluding carboxylic acids is 1. The highest BCUT2D eigenvalue weighted by Gasteiger charge is 2.27. The highest BCUT2D eigenvalue weighted by molar-refractivity contribution is 5.78. The molecule has 0 bridgehead atoms. The molecule has 1 amide bonds. The van der Waals surface area contributed by atoms with Gasteiger partial charge in [-0.25, -0.2) is 0 Å². The largest absolute Gasteiger partial charge is 0.352 e. The molecule has 0 spiro atoms. The van der Waals surface area contributed by atoms with Gasteiger partial charge in [-0.2, -0.15) is 0 Å². The zero-order valence-corrected chi connectivity index (χ0v) is 12.6. The summed E-state index contributed by atoms with van der Waals surface area (Å²) in [5.41, 5.74) is 0. The van der Waals surface area contributed by atoms with E-state index >= 15 is 0 Å². The predicted molar refractivity (Wildman–Crippen MR) is 80.7 cm³/mol. The smallest absolute Gasteiger partial charge is 0.234 e. The second-order valence-electron chi connectivity index (χ2n) is 6.80. The van der Waals surface area contributed by atoms with Crippen LogP contribution in [-0.4, -0.2) is 60.5 Å². The van der Waals surface area contributed by atoms with Gasteiger partial charge in [-0.15, -0.1) is 0 Å². The van der Waals surface area contributed by atoms with Crippen molar-refractivity contribution in [2.24, 2.45) is 0 Å². The van der Waals surface area contributed by atoms with Crippen molar-refractivity contribution in [2.45, 2.75) is 63.5 Å². The van der Waals surface area contributed by atoms with Crippen LogP contribution in [0, 0.1) is 0 Å². The molecular weight excluding hydrogens is 250 g/mol. The van der Waals surface area contributed by atoms with E-state index in [-0.39, 0.29) is 5.91 Å². The molecule has 0 aromatic heterocycles. The molecule has 1 heterocycles. The highest BCUT2D eigenvalue weighted by Crippen LogP contribution is 2.24. The zero-order chi connectivity index (χ0) is 13.8. The van der Waals surface area contributed by atoms with Crippen LogP contribution in [0.15, 0.2) is 0 Å². The Morgan fingerprint density at radius 3 is 2.15 bits per heavy atom. The summed E-state index contributed by atoms with van der Waals surface area (Å²) >= 11 is 0. The van der Waals surface area contributed by atoms with Gasteiger partial charge in [-0.05, 0) is 25.7 Å². The van der Waals surface area contributed by atoms with E-state index in [0.29, 0.717) is 12.6 Å². The third-order valence-corrected chi connectivity index (χ3v) is 5.34. The number of hydrogen-bond acceptors (Lipinski definition) is 3. The van der Waals surface area contributed by atoms with Crippen LogP contribution in [0.2, 0.25) is 0 Å². The Labute approximate surface area is 122 Å². The number of rotatable bonds is 4. The van der Waals surface area contributed by atoms with Gasteiger partial charge in [0.2, 0.25) is 5.91 Å². The monoisotopic (exact) mass is 279 g/mol. The Bertz CT molecular complexity index is 314. The van der Waals surface area contributed by atoms with Crippen molar-refractivity contribution in [1.82, 2.24) is 15.1 Å². The lowest BCUT2D eigenvalue weighted by atomic mass is 10.2. The fraction of sp³-hybridized carbons (Fsp3) is 0.938. The summed E-state index contributed by atoms with van der Waals surface area (Å²) in [4.78, 5) is 17.0. The van der Waals surface area contributed by atoms with Crippen molar-refractivity contribution in [1.29, 1.82) is 0 Å². The minimum atomic E-state index is 0.242. The van der Waals surface area contributed by atoms with Crippen LogP contribution in [0.1, 0.15) is 51.4 Å². The zero-order valence-electron chi connectivity index (χ0n) is 12.6. The lowest BCUT2D eigenvalue weighted by Crippen LogP contribution is -2.52. The van der Waals surface area contributed by atoms with E-state index in [0.717, 1.165) is 32.2 Å². The van der Waals surface area contributed by atoms with Crippen LogP contribution in [0.4, 0.5) is 0 Å². The standard InChI is InChI=1S/C16H29N3O/c20-16(17-14-5-1-2-6-14)13-18-9-11-19(12-10-18)15-7-3-4-8-15/h14-15H,1-13H2,(H,17,20). The van der Waals surface area contributed by atoms with Gasteiger partial charge >= 0.3 is 0 Å². The van der Waals surface area contributed by atoms with Gasteiger partial charge in [0.1, 0.15) is 0 Å². The molecule has 0 aromatic carbocycles. The first-order valence-electron chi connectivity index (χ1n) is 8.57. The molecule has 1 N–H and O–H groups in total. The Kier molecular flexibility index (Phi) is 4.94. The molecule has 4 nitrogen and oxygen atoms in total. The number of hydrogen-bond donors (Lipinski definition) is 1. The number of nitrogens with one attached hydrogen (secondary N) is 1. The summed E-state index contributed by atoms with van der Waals surface area (Å²) in [6.07, 6.45) is 10.5. The van der Waals surface area contributed by atoms with Crippen LogP contribution in [0.3, 0.4) is 0 Å². The fourth-order valence-corrected chi connectivity index (χ4v) is 4.10. The van der Waals surface area contributed by atoms with Crippen LogP contribution < -0.4 is 5.32 Å². The van der Waals surface area contributed by atoms with Gasteiger partial charge in [0.15, 0.2) is 0 Å². The summed E-state index contributed by atoms with van der Waals surface area (Å²) in [5, 5.41) is 3.20. The molecule has 1 aliphatic heterocycles. The van der Waals surface area contributed by atoms with E-state index in [4.69, 9.17) is 0 Å². The Morgan fingerprint density at radius 1 is 0.900 bits per heavy atom. The fourth-order valence-electron chi connectivity index (χ4n) is 4.10. The number of piperazine rings is 1. The van der Waals surface area contributed by atoms with E-state index in [1.54, 1.807) is 0 Å². The SMILES string of the molecule is O=C(CN1CCN(C2CCCC2)CC1)NC1CCCC1. The molecule has 3 fully saturated rings. The summed E-state index contributed by atoms with van der Waals surface area (Å²) in [6.45, 7) is 5.04. The van der Waals surface area contributed by atoms with Crippen LogP contribution in [-0.2, 0) is 4.79 Å². The number of amides is 1. The van der Waals surface area contributed by atoms with Crippen molar-refractivity contribution in [3.63, 3.8) is 0 Å². The second kappa shape index (κ2) is 6.90. The van der Waals surface area contributed by atoms with Crippen LogP contribution in [0.5, 0.6) is 0 Å². The second-order valence-corrected chi connectivity index (χ2v) is 6.80. The van der Waals surface area contributed by atoms with Crippen molar-refractivity contribution in [2.75, 3.05) is 32.7 Å². The Hall–Kier alpha value is -0.610. The van der Waals surface area contributed by atoms with Gasteiger partial charge in [-0.1, -0.05) is 25.7 Å². The predicted octanol–water partition coefficient (Wildman–Crippen LogP) is 1.61. The van der Waals surface area contributed by atoms with Crippen LogP contribution >= 0.6 is 0 Å². The topological polar surface area (TPSA) is 35.6 Å². The third-order valence-electron chi connectivity index (χ3n) is 5.34. The lowest BCUT2D eigenvalue weighted by Gasteiger charge is -2.37. The first-order chi connectivity index (χ1) is 9.81. The first-order valence-corrected chi connectivity index (χ1v) is 8.57. The van der Waals surface area contributed by atoms with Crippen molar-refractivity contribution in [3.05, 3.63) is 0 Å². The van der Waals surface area contributed by atoms with Gasteiger partial charge in [0, 0.05) is 38.3 Å². The Morgan fingerprint density at radius 2 is 1.50 bits per heavy atom. The summed E-state index contributed by atoms with van der Waals surface area (Å²) in [7, 11) is 0. The van der Waals surface area contributed by atoms with E-state index in [9.17, 15) is 4.79 Å². The quantitative estimate of drug-likeness (QED) is 0.849. The normalized spacial score (nSPS) is 27.2. The van der Waals surface area contributed by atoms with E-state index in [2.05, 4.69) is 15.1 Å². The number of carbonyl (C=O) groups is 1. The average Bonchev–Trinajstić information content (AvgIpc) is 3.12. The molecule has 3 rings (SSSR count). The van der Waals surface area contributed by atoms with Crippen molar-refractivity contribution in [3.8, 4) is 0 Å². The summed E-state index contributed by atoms with van der Waals surface area (Å²) in [5.74, 6) is 0.242. The maximum atomic E-state index is 12.0. The van der Waals surface area contributed by atoms with E-state index < -0.39 is 0 Å².